The smallest absolute Gasteiger partial charge is 0.268 e. The van der Waals surface area contributed by atoms with Gasteiger partial charge in [-0.3, -0.25) is 9.36 Å². The zero-order chi connectivity index (χ0) is 59.1. The number of likely N-dealkylation sites (N-methyl/N-ethyl adjacent to an activating group) is 1. The molecule has 2 N–H and O–H groups in total. The number of phosphoric acid groups is 1. The van der Waals surface area contributed by atoms with Crippen LogP contribution >= 0.6 is 7.82 Å². The van der Waals surface area contributed by atoms with E-state index in [0.29, 0.717) is 17.4 Å². The van der Waals surface area contributed by atoms with Crippen molar-refractivity contribution in [2.75, 3.05) is 40.9 Å². The summed E-state index contributed by atoms with van der Waals surface area (Å²) in [7, 11) is 1.25. The summed E-state index contributed by atoms with van der Waals surface area (Å²) in [5, 5.41) is 13.9. The molecule has 0 spiro atoms. The number of amides is 1. The Hall–Kier alpha value is -1.54. The predicted molar refractivity (Wildman–Crippen MR) is 353 cm³/mol. The van der Waals surface area contributed by atoms with Crippen LogP contribution < -0.4 is 10.2 Å². The Morgan fingerprint density at radius 1 is 0.420 bits per heavy atom. The van der Waals surface area contributed by atoms with Gasteiger partial charge < -0.3 is 28.8 Å². The maximum absolute atomic E-state index is 13.0. The third-order valence-corrected chi connectivity index (χ3v) is 17.2. The van der Waals surface area contributed by atoms with Gasteiger partial charge in [0.15, 0.2) is 0 Å². The summed E-state index contributed by atoms with van der Waals surface area (Å²) in [6.07, 6.45) is 85.5. The number of rotatable bonds is 66. The molecule has 1 amide bonds. The SMILES string of the molecule is CCCCCCCCCCCC/C=C/CC/C=C/CC/C=C/C(O)C(COP(=O)([O-])OCC[N+](C)(C)C)NC(=O)CCCCCCCCCCCCCCCCCCC/C=C\CCCCCCCCCCCCCCCCCCCC. The lowest BCUT2D eigenvalue weighted by Crippen LogP contribution is -2.45. The largest absolute Gasteiger partial charge is 0.756 e. The van der Waals surface area contributed by atoms with E-state index in [-0.39, 0.29) is 12.5 Å². The Kier molecular flexibility index (Phi) is 61.8. The molecule has 3 atom stereocenters. The first kappa shape index (κ1) is 79.5. The number of carbonyl (C=O) groups excluding carboxylic acids is 1. The van der Waals surface area contributed by atoms with Gasteiger partial charge in [-0.15, -0.1) is 0 Å². The molecule has 0 fully saturated rings. The third-order valence-electron chi connectivity index (χ3n) is 16.2. The van der Waals surface area contributed by atoms with Crippen LogP contribution in [0, 0.1) is 0 Å². The van der Waals surface area contributed by atoms with E-state index in [0.717, 1.165) is 44.9 Å². The number of aliphatic hydroxyl groups excluding tert-OH is 1. The van der Waals surface area contributed by atoms with Crippen molar-refractivity contribution in [1.29, 1.82) is 0 Å². The lowest BCUT2D eigenvalue weighted by atomic mass is 10.0. The monoisotopic (exact) mass is 1160 g/mol. The number of hydrogen-bond donors (Lipinski definition) is 2. The van der Waals surface area contributed by atoms with Crippen LogP contribution in [0.5, 0.6) is 0 Å². The molecule has 0 aliphatic heterocycles. The molecule has 478 valence electrons. The molecule has 9 heteroatoms. The minimum absolute atomic E-state index is 0.00842. The zero-order valence-corrected chi connectivity index (χ0v) is 55.6. The second-order valence-electron chi connectivity index (χ2n) is 25.6. The first-order chi connectivity index (χ1) is 39.5. The van der Waals surface area contributed by atoms with E-state index in [1.165, 1.54) is 289 Å². The van der Waals surface area contributed by atoms with E-state index < -0.39 is 26.6 Å². The average Bonchev–Trinajstić information content (AvgIpc) is 3.43. The number of hydrogen-bond acceptors (Lipinski definition) is 6. The van der Waals surface area contributed by atoms with Crippen molar-refractivity contribution in [1.82, 2.24) is 5.32 Å². The van der Waals surface area contributed by atoms with Crippen LogP contribution in [0.1, 0.15) is 354 Å². The molecule has 0 aromatic carbocycles. The van der Waals surface area contributed by atoms with E-state index >= 15 is 0 Å². The standard InChI is InChI=1S/C72H139N2O6P/c1-6-8-10-12-14-16-18-20-22-24-26-28-29-30-31-32-33-34-35-36-37-38-39-40-41-42-43-44-45-46-48-50-52-54-56-58-60-62-64-66-72(76)73-70(69-80-81(77,78)79-68-67-74(3,4)5)71(75)65-63-61-59-57-55-53-51-49-47-27-25-23-21-19-17-15-13-11-9-7-2/h36-37,47,49,55,57,63,65,70-71,75H,6-35,38-46,48,50-54,56,58-62,64,66-69H2,1-5H3,(H-,73,76,77,78)/b37-36-,49-47+,57-55+,65-63+. The summed E-state index contributed by atoms with van der Waals surface area (Å²) >= 11 is 0. The van der Waals surface area contributed by atoms with Gasteiger partial charge in [-0.1, -0.05) is 326 Å². The van der Waals surface area contributed by atoms with Crippen molar-refractivity contribution < 1.29 is 32.9 Å². The van der Waals surface area contributed by atoms with Crippen LogP contribution in [0.4, 0.5) is 0 Å². The minimum Gasteiger partial charge on any atom is -0.756 e. The molecule has 0 aliphatic carbocycles. The Morgan fingerprint density at radius 3 is 1.00 bits per heavy atom. The van der Waals surface area contributed by atoms with Gasteiger partial charge in [0.2, 0.25) is 5.91 Å². The molecule has 0 aromatic rings. The van der Waals surface area contributed by atoms with Gasteiger partial charge >= 0.3 is 0 Å². The first-order valence-corrected chi connectivity index (χ1v) is 37.0. The highest BCUT2D eigenvalue weighted by Crippen LogP contribution is 2.38. The van der Waals surface area contributed by atoms with E-state index in [4.69, 9.17) is 9.05 Å². The third kappa shape index (κ3) is 65.9. The van der Waals surface area contributed by atoms with E-state index in [9.17, 15) is 19.4 Å². The van der Waals surface area contributed by atoms with Gasteiger partial charge in [-0.2, -0.15) is 0 Å². The van der Waals surface area contributed by atoms with E-state index in [2.05, 4.69) is 55.6 Å². The number of allylic oxidation sites excluding steroid dienone is 7. The molecule has 0 saturated carbocycles. The number of aliphatic hydroxyl groups is 1. The number of carbonyl (C=O) groups is 1. The lowest BCUT2D eigenvalue weighted by molar-refractivity contribution is -0.870. The number of unbranched alkanes of at least 4 members (excludes halogenated alkanes) is 47. The Balaban J connectivity index is 3.97. The van der Waals surface area contributed by atoms with Gasteiger partial charge in [0.05, 0.1) is 39.9 Å². The van der Waals surface area contributed by atoms with Crippen molar-refractivity contribution in [2.24, 2.45) is 0 Å². The topological polar surface area (TPSA) is 108 Å². The van der Waals surface area contributed by atoms with Crippen LogP contribution in [0.15, 0.2) is 48.6 Å². The highest BCUT2D eigenvalue weighted by Gasteiger charge is 2.23. The molecule has 0 aliphatic rings. The second-order valence-corrected chi connectivity index (χ2v) is 27.0. The summed E-state index contributed by atoms with van der Waals surface area (Å²) in [6.45, 7) is 4.66. The van der Waals surface area contributed by atoms with Gasteiger partial charge in [-0.05, 0) is 70.6 Å². The van der Waals surface area contributed by atoms with Crippen molar-refractivity contribution in [2.45, 2.75) is 366 Å². The molecule has 0 aromatic heterocycles. The highest BCUT2D eigenvalue weighted by atomic mass is 31.2. The molecule has 0 rings (SSSR count). The lowest BCUT2D eigenvalue weighted by Gasteiger charge is -2.29. The highest BCUT2D eigenvalue weighted by molar-refractivity contribution is 7.45. The predicted octanol–water partition coefficient (Wildman–Crippen LogP) is 22.0. The van der Waals surface area contributed by atoms with Gasteiger partial charge in [0.1, 0.15) is 13.2 Å². The van der Waals surface area contributed by atoms with Crippen LogP contribution in [0.3, 0.4) is 0 Å². The fourth-order valence-electron chi connectivity index (χ4n) is 10.7. The Morgan fingerprint density at radius 2 is 0.691 bits per heavy atom. The maximum atomic E-state index is 13.0. The van der Waals surface area contributed by atoms with Gasteiger partial charge in [0, 0.05) is 6.42 Å². The second kappa shape index (κ2) is 63.0. The van der Waals surface area contributed by atoms with Crippen molar-refractivity contribution in [3.8, 4) is 0 Å². The summed E-state index contributed by atoms with van der Waals surface area (Å²) in [5.41, 5.74) is 0. The maximum Gasteiger partial charge on any atom is 0.268 e. The fourth-order valence-corrected chi connectivity index (χ4v) is 11.4. The van der Waals surface area contributed by atoms with Crippen molar-refractivity contribution in [3.63, 3.8) is 0 Å². The quantitative estimate of drug-likeness (QED) is 0.0272. The number of quaternary nitrogens is 1. The van der Waals surface area contributed by atoms with E-state index in [1.807, 2.05) is 27.2 Å². The summed E-state index contributed by atoms with van der Waals surface area (Å²) < 4.78 is 23.4. The van der Waals surface area contributed by atoms with Gasteiger partial charge in [0.25, 0.3) is 7.82 Å². The molecule has 0 saturated heterocycles. The Bertz CT molecular complexity index is 1460. The summed E-state index contributed by atoms with van der Waals surface area (Å²) in [6, 6.07) is -0.911. The summed E-state index contributed by atoms with van der Waals surface area (Å²) in [5.74, 6) is -0.206. The molecular formula is C72H139N2O6P. The fraction of sp³-hybridized carbons (Fsp3) is 0.875. The molecule has 8 nitrogen and oxygen atoms in total. The van der Waals surface area contributed by atoms with Crippen LogP contribution in [0.25, 0.3) is 0 Å². The van der Waals surface area contributed by atoms with Crippen LogP contribution in [-0.2, 0) is 18.4 Å². The first-order valence-electron chi connectivity index (χ1n) is 35.5. The van der Waals surface area contributed by atoms with Crippen molar-refractivity contribution >= 4 is 13.7 Å². The average molecular weight is 1160 g/mol. The number of nitrogens with zero attached hydrogens (tertiary/aromatic N) is 1. The molecule has 0 heterocycles. The van der Waals surface area contributed by atoms with Crippen molar-refractivity contribution in [3.05, 3.63) is 48.6 Å². The van der Waals surface area contributed by atoms with Gasteiger partial charge in [-0.25, -0.2) is 0 Å². The molecule has 3 unspecified atom stereocenters. The van der Waals surface area contributed by atoms with E-state index in [1.54, 1.807) is 6.08 Å². The molecule has 81 heavy (non-hydrogen) atoms. The van der Waals surface area contributed by atoms with Crippen LogP contribution in [-0.4, -0.2) is 68.5 Å². The number of nitrogens with one attached hydrogen (secondary N) is 1. The molecular weight excluding hydrogens is 1020 g/mol. The summed E-state index contributed by atoms with van der Waals surface area (Å²) in [4.78, 5) is 25.6. The minimum atomic E-state index is -4.61. The Labute approximate surface area is 505 Å². The molecule has 0 bridgehead atoms. The normalized spacial score (nSPS) is 13.9. The zero-order valence-electron chi connectivity index (χ0n) is 54.8. The van der Waals surface area contributed by atoms with Crippen LogP contribution in [0.2, 0.25) is 0 Å². The number of phosphoric ester groups is 1. The molecule has 0 radical (unpaired) electrons.